The fourth-order valence-electron chi connectivity index (χ4n) is 3.64. The maximum Gasteiger partial charge on any atom is 0.349 e. The van der Waals surface area contributed by atoms with Crippen LogP contribution in [0.4, 0.5) is 0 Å². The highest BCUT2D eigenvalue weighted by molar-refractivity contribution is 5.96. The zero-order chi connectivity index (χ0) is 19.7. The first-order chi connectivity index (χ1) is 13.5. The van der Waals surface area contributed by atoms with Crippen LogP contribution in [0.5, 0.6) is 5.75 Å². The summed E-state index contributed by atoms with van der Waals surface area (Å²) < 4.78 is 11.1. The molecule has 7 nitrogen and oxygen atoms in total. The van der Waals surface area contributed by atoms with Crippen molar-refractivity contribution in [3.8, 4) is 5.75 Å². The lowest BCUT2D eigenvalue weighted by molar-refractivity contribution is 0.0700. The first-order valence-electron chi connectivity index (χ1n) is 9.54. The molecule has 1 atom stereocenters. The molecule has 1 fully saturated rings. The number of imidazole rings is 1. The molecule has 1 unspecified atom stereocenters. The van der Waals surface area contributed by atoms with Crippen molar-refractivity contribution in [2.45, 2.75) is 38.7 Å². The van der Waals surface area contributed by atoms with E-state index >= 15 is 0 Å². The van der Waals surface area contributed by atoms with E-state index < -0.39 is 5.63 Å². The Morgan fingerprint density at radius 1 is 1.36 bits per heavy atom. The molecule has 1 aliphatic rings. The summed E-state index contributed by atoms with van der Waals surface area (Å²) in [5.74, 6) is 1.35. The van der Waals surface area contributed by atoms with Gasteiger partial charge in [0, 0.05) is 42.9 Å². The highest BCUT2D eigenvalue weighted by Gasteiger charge is 2.28. The van der Waals surface area contributed by atoms with Crippen LogP contribution in [0.2, 0.25) is 0 Å². The SMILES string of the molecule is CC(C)Oc1ccc2cc(C(=O)N3CCCC(c4ncc[nH]4)C3)c(=O)oc2c1. The predicted octanol–water partition coefficient (Wildman–Crippen LogP) is 3.32. The smallest absolute Gasteiger partial charge is 0.349 e. The Kier molecular flexibility index (Phi) is 4.90. The first kappa shape index (κ1) is 18.3. The maximum absolute atomic E-state index is 13.0. The molecule has 28 heavy (non-hydrogen) atoms. The van der Waals surface area contributed by atoms with E-state index in [0.29, 0.717) is 29.8 Å². The number of likely N-dealkylation sites (tertiary alicyclic amines) is 1. The van der Waals surface area contributed by atoms with Gasteiger partial charge >= 0.3 is 5.63 Å². The molecule has 0 saturated carbocycles. The number of hydrogen-bond donors (Lipinski definition) is 1. The highest BCUT2D eigenvalue weighted by Crippen LogP contribution is 2.26. The van der Waals surface area contributed by atoms with Crippen LogP contribution in [0.1, 0.15) is 48.8 Å². The van der Waals surface area contributed by atoms with Crippen molar-refractivity contribution in [1.82, 2.24) is 14.9 Å². The van der Waals surface area contributed by atoms with Gasteiger partial charge in [0.1, 0.15) is 22.7 Å². The Labute approximate surface area is 162 Å². The van der Waals surface area contributed by atoms with Gasteiger partial charge in [-0.1, -0.05) is 0 Å². The second kappa shape index (κ2) is 7.50. The topological polar surface area (TPSA) is 88.4 Å². The molecule has 1 aromatic carbocycles. The lowest BCUT2D eigenvalue weighted by Gasteiger charge is -2.31. The van der Waals surface area contributed by atoms with Crippen LogP contribution in [0, 0.1) is 0 Å². The first-order valence-corrected chi connectivity index (χ1v) is 9.54. The second-order valence-electron chi connectivity index (χ2n) is 7.38. The molecule has 146 valence electrons. The van der Waals surface area contributed by atoms with Crippen LogP contribution in [-0.2, 0) is 0 Å². The largest absolute Gasteiger partial charge is 0.491 e. The molecular weight excluding hydrogens is 358 g/mol. The summed E-state index contributed by atoms with van der Waals surface area (Å²) in [6.45, 7) is 5.01. The van der Waals surface area contributed by atoms with Crippen molar-refractivity contribution >= 4 is 16.9 Å². The number of rotatable bonds is 4. The number of carbonyl (C=O) groups is 1. The van der Waals surface area contributed by atoms with E-state index in [0.717, 1.165) is 18.7 Å². The van der Waals surface area contributed by atoms with Gasteiger partial charge in [-0.25, -0.2) is 9.78 Å². The number of benzene rings is 1. The van der Waals surface area contributed by atoms with Crippen molar-refractivity contribution in [2.75, 3.05) is 13.1 Å². The number of fused-ring (bicyclic) bond motifs is 1. The van der Waals surface area contributed by atoms with E-state index in [1.165, 1.54) is 0 Å². The van der Waals surface area contributed by atoms with Gasteiger partial charge in [-0.2, -0.15) is 0 Å². The van der Waals surface area contributed by atoms with Gasteiger partial charge in [-0.3, -0.25) is 4.79 Å². The van der Waals surface area contributed by atoms with Gasteiger partial charge in [0.15, 0.2) is 0 Å². The van der Waals surface area contributed by atoms with Gasteiger partial charge in [0.05, 0.1) is 6.10 Å². The highest BCUT2D eigenvalue weighted by atomic mass is 16.5. The van der Waals surface area contributed by atoms with Gasteiger partial charge in [0.2, 0.25) is 0 Å². The molecule has 2 aromatic heterocycles. The lowest BCUT2D eigenvalue weighted by atomic mass is 9.97. The number of ether oxygens (including phenoxy) is 1. The van der Waals surface area contributed by atoms with Crippen molar-refractivity contribution in [1.29, 1.82) is 0 Å². The van der Waals surface area contributed by atoms with Crippen LogP contribution < -0.4 is 10.4 Å². The van der Waals surface area contributed by atoms with Gasteiger partial charge in [-0.05, 0) is 44.9 Å². The maximum atomic E-state index is 13.0. The quantitative estimate of drug-likeness (QED) is 0.701. The number of aromatic amines is 1. The number of amides is 1. The Morgan fingerprint density at radius 3 is 2.96 bits per heavy atom. The number of carbonyl (C=O) groups excluding carboxylic acids is 1. The minimum atomic E-state index is -0.626. The minimum absolute atomic E-state index is 0.0197. The molecule has 0 bridgehead atoms. The van der Waals surface area contributed by atoms with Gasteiger partial charge in [0.25, 0.3) is 5.91 Å². The summed E-state index contributed by atoms with van der Waals surface area (Å²) in [6, 6.07) is 6.90. The number of hydrogen-bond acceptors (Lipinski definition) is 5. The van der Waals surface area contributed by atoms with E-state index in [4.69, 9.17) is 9.15 Å². The predicted molar refractivity (Wildman–Crippen MR) is 105 cm³/mol. The molecule has 4 rings (SSSR count). The molecule has 0 aliphatic carbocycles. The van der Waals surface area contributed by atoms with E-state index in [-0.39, 0.29) is 23.5 Å². The monoisotopic (exact) mass is 381 g/mol. The lowest BCUT2D eigenvalue weighted by Crippen LogP contribution is -2.41. The molecule has 0 spiro atoms. The Morgan fingerprint density at radius 2 is 2.21 bits per heavy atom. The van der Waals surface area contributed by atoms with Gasteiger partial charge in [-0.15, -0.1) is 0 Å². The second-order valence-corrected chi connectivity index (χ2v) is 7.38. The number of H-pyrrole nitrogens is 1. The van der Waals surface area contributed by atoms with Crippen LogP contribution in [0.25, 0.3) is 11.0 Å². The Balaban J connectivity index is 1.60. The molecular formula is C21H23N3O4. The Hall–Kier alpha value is -3.09. The number of piperidine rings is 1. The molecule has 7 heteroatoms. The molecule has 3 aromatic rings. The van der Waals surface area contributed by atoms with E-state index in [1.54, 1.807) is 35.5 Å². The number of nitrogens with one attached hydrogen (secondary N) is 1. The average molecular weight is 381 g/mol. The van der Waals surface area contributed by atoms with Crippen LogP contribution in [0.3, 0.4) is 0 Å². The summed E-state index contributed by atoms with van der Waals surface area (Å²) in [6.07, 6.45) is 5.34. The Bertz CT molecular complexity index is 1040. The van der Waals surface area contributed by atoms with Crippen molar-refractivity contribution < 1.29 is 13.9 Å². The van der Waals surface area contributed by atoms with Gasteiger partial charge < -0.3 is 19.0 Å². The molecule has 1 aliphatic heterocycles. The summed E-state index contributed by atoms with van der Waals surface area (Å²) in [5.41, 5.74) is -0.156. The molecule has 1 N–H and O–H groups in total. The third-order valence-corrected chi connectivity index (χ3v) is 4.92. The summed E-state index contributed by atoms with van der Waals surface area (Å²) >= 11 is 0. The zero-order valence-electron chi connectivity index (χ0n) is 16.0. The third kappa shape index (κ3) is 3.65. The van der Waals surface area contributed by atoms with E-state index in [9.17, 15) is 9.59 Å². The fraction of sp³-hybridized carbons (Fsp3) is 0.381. The number of aromatic nitrogens is 2. The molecule has 1 amide bonds. The van der Waals surface area contributed by atoms with Crippen LogP contribution >= 0.6 is 0 Å². The average Bonchev–Trinajstić information content (AvgIpc) is 3.21. The molecule has 1 saturated heterocycles. The summed E-state index contributed by atoms with van der Waals surface area (Å²) in [7, 11) is 0. The van der Waals surface area contributed by atoms with Crippen molar-refractivity contribution in [2.24, 2.45) is 0 Å². The standard InChI is InChI=1S/C21H23N3O4/c1-13(2)27-16-6-5-14-10-17(21(26)28-18(14)11-16)20(25)24-9-3-4-15(12-24)19-22-7-8-23-19/h5-8,10-11,13,15H,3-4,9,12H2,1-2H3,(H,22,23). The normalized spacial score (nSPS) is 17.2. The number of nitrogens with zero attached hydrogens (tertiary/aromatic N) is 2. The van der Waals surface area contributed by atoms with Crippen molar-refractivity contribution in [3.63, 3.8) is 0 Å². The summed E-state index contributed by atoms with van der Waals surface area (Å²) in [4.78, 5) is 34.6. The fourth-order valence-corrected chi connectivity index (χ4v) is 3.64. The summed E-state index contributed by atoms with van der Waals surface area (Å²) in [5, 5.41) is 0.693. The van der Waals surface area contributed by atoms with Crippen LogP contribution in [0.15, 0.2) is 45.9 Å². The van der Waals surface area contributed by atoms with Crippen molar-refractivity contribution in [3.05, 3.63) is 58.5 Å². The minimum Gasteiger partial charge on any atom is -0.491 e. The molecule has 3 heterocycles. The molecule has 0 radical (unpaired) electrons. The zero-order valence-corrected chi connectivity index (χ0v) is 16.0. The third-order valence-electron chi connectivity index (χ3n) is 4.92. The van der Waals surface area contributed by atoms with E-state index in [2.05, 4.69) is 9.97 Å². The van der Waals surface area contributed by atoms with Crippen LogP contribution in [-0.4, -0.2) is 40.0 Å². The van der Waals surface area contributed by atoms with E-state index in [1.807, 2.05) is 19.9 Å².